The van der Waals surface area contributed by atoms with Crippen LogP contribution in [0, 0.1) is 29.6 Å². The Morgan fingerprint density at radius 2 is 1.85 bits per heavy atom. The lowest BCUT2D eigenvalue weighted by atomic mass is 9.49. The molecule has 4 fully saturated rings. The molecular weight excluding hydrogens is 162 g/mol. The molecule has 0 heterocycles. The molecule has 2 atom stereocenters. The second-order valence-electron chi connectivity index (χ2n) is 5.31. The molecule has 2 nitrogen and oxygen atoms in total. The topological polar surface area (TPSA) is 43.1 Å². The predicted molar refractivity (Wildman–Crippen MR) is 49.5 cm³/mol. The minimum absolute atomic E-state index is 0.0278. The van der Waals surface area contributed by atoms with Crippen LogP contribution < -0.4 is 5.73 Å². The number of hydrogen-bond donors (Lipinski definition) is 1. The first kappa shape index (κ1) is 7.84. The maximum atomic E-state index is 11.5. The van der Waals surface area contributed by atoms with Crippen LogP contribution in [-0.4, -0.2) is 5.91 Å². The molecule has 1 radical (unpaired) electrons. The summed E-state index contributed by atoms with van der Waals surface area (Å²) >= 11 is 0. The Balaban J connectivity index is 1.95. The van der Waals surface area contributed by atoms with Crippen LogP contribution in [0.15, 0.2) is 0 Å². The summed E-state index contributed by atoms with van der Waals surface area (Å²) in [5.74, 6) is 2.19. The van der Waals surface area contributed by atoms with Gasteiger partial charge in [-0.15, -0.1) is 0 Å². The van der Waals surface area contributed by atoms with E-state index in [2.05, 4.69) is 6.42 Å². The number of carbonyl (C=O) groups is 1. The van der Waals surface area contributed by atoms with Crippen molar-refractivity contribution in [3.8, 4) is 0 Å². The molecule has 1 amide bonds. The molecule has 13 heavy (non-hydrogen) atoms. The fourth-order valence-electron chi connectivity index (χ4n) is 4.07. The third-order valence-electron chi connectivity index (χ3n) is 4.32. The summed E-state index contributed by atoms with van der Waals surface area (Å²) in [7, 11) is 0. The lowest BCUT2D eigenvalue weighted by Crippen LogP contribution is -2.52. The van der Waals surface area contributed by atoms with Crippen LogP contribution in [0.3, 0.4) is 0 Å². The van der Waals surface area contributed by atoms with Gasteiger partial charge in [-0.25, -0.2) is 0 Å². The molecule has 0 aromatic rings. The summed E-state index contributed by atoms with van der Waals surface area (Å²) in [5, 5.41) is 0. The molecule has 71 valence electrons. The average molecular weight is 178 g/mol. The Morgan fingerprint density at radius 1 is 1.23 bits per heavy atom. The van der Waals surface area contributed by atoms with E-state index in [0.717, 1.165) is 25.2 Å². The number of rotatable bonds is 1. The molecule has 0 saturated heterocycles. The van der Waals surface area contributed by atoms with Crippen molar-refractivity contribution in [1.82, 2.24) is 0 Å². The maximum Gasteiger partial charge on any atom is 0.223 e. The van der Waals surface area contributed by atoms with Crippen LogP contribution in [0.1, 0.15) is 32.1 Å². The van der Waals surface area contributed by atoms with Crippen molar-refractivity contribution in [1.29, 1.82) is 0 Å². The van der Waals surface area contributed by atoms with Gasteiger partial charge in [-0.1, -0.05) is 0 Å². The van der Waals surface area contributed by atoms with Crippen LogP contribution in [-0.2, 0) is 4.79 Å². The Bertz CT molecular complexity index is 224. The molecule has 4 rings (SSSR count). The van der Waals surface area contributed by atoms with E-state index >= 15 is 0 Å². The van der Waals surface area contributed by atoms with Crippen LogP contribution in [0.25, 0.3) is 0 Å². The quantitative estimate of drug-likeness (QED) is 0.649. The number of carbonyl (C=O) groups excluding carboxylic acids is 1. The molecular formula is C11H16NO. The van der Waals surface area contributed by atoms with E-state index in [1.165, 1.54) is 12.8 Å². The molecule has 2 unspecified atom stereocenters. The van der Waals surface area contributed by atoms with Gasteiger partial charge in [0.15, 0.2) is 0 Å². The zero-order valence-corrected chi connectivity index (χ0v) is 7.83. The van der Waals surface area contributed by atoms with Crippen molar-refractivity contribution in [2.24, 2.45) is 28.9 Å². The molecule has 4 aliphatic rings. The Labute approximate surface area is 78.9 Å². The molecule has 0 spiro atoms. The summed E-state index contributed by atoms with van der Waals surface area (Å²) in [5.41, 5.74) is 5.45. The van der Waals surface area contributed by atoms with Gasteiger partial charge in [0.25, 0.3) is 0 Å². The summed E-state index contributed by atoms with van der Waals surface area (Å²) in [4.78, 5) is 11.5. The second-order valence-corrected chi connectivity index (χ2v) is 5.31. The van der Waals surface area contributed by atoms with Gasteiger partial charge in [-0.2, -0.15) is 0 Å². The lowest BCUT2D eigenvalue weighted by Gasteiger charge is -2.55. The van der Waals surface area contributed by atoms with E-state index in [-0.39, 0.29) is 11.3 Å². The molecule has 2 N–H and O–H groups in total. The lowest BCUT2D eigenvalue weighted by molar-refractivity contribution is -0.138. The highest BCUT2D eigenvalue weighted by Crippen LogP contribution is 2.59. The molecule has 2 heteroatoms. The van der Waals surface area contributed by atoms with Crippen LogP contribution in [0.2, 0.25) is 0 Å². The fourth-order valence-corrected chi connectivity index (χ4v) is 4.07. The SMILES string of the molecule is NC(=O)C12CC3[CH]C(CC(C3)C1)C2. The summed E-state index contributed by atoms with van der Waals surface area (Å²) in [6.45, 7) is 0. The van der Waals surface area contributed by atoms with Gasteiger partial charge in [-0.3, -0.25) is 4.79 Å². The normalized spacial score (nSPS) is 52.5. The Kier molecular flexibility index (Phi) is 1.38. The first-order valence-corrected chi connectivity index (χ1v) is 5.33. The van der Waals surface area contributed by atoms with E-state index in [1.54, 1.807) is 0 Å². The highest BCUT2D eigenvalue weighted by Gasteiger charge is 2.53. The molecule has 4 bridgehead atoms. The Hall–Kier alpha value is -0.530. The zero-order valence-electron chi connectivity index (χ0n) is 7.83. The summed E-state index contributed by atoms with van der Waals surface area (Å²) in [6.07, 6.45) is 8.32. The smallest absolute Gasteiger partial charge is 0.223 e. The molecule has 0 aromatic heterocycles. The first-order chi connectivity index (χ1) is 6.18. The van der Waals surface area contributed by atoms with Crippen LogP contribution >= 0.6 is 0 Å². The molecule has 0 aromatic carbocycles. The van der Waals surface area contributed by atoms with Gasteiger partial charge in [0, 0.05) is 5.41 Å². The van der Waals surface area contributed by atoms with E-state index in [0.29, 0.717) is 11.8 Å². The van der Waals surface area contributed by atoms with Crippen molar-refractivity contribution >= 4 is 5.91 Å². The maximum absolute atomic E-state index is 11.5. The van der Waals surface area contributed by atoms with Gasteiger partial charge in [-0.05, 0) is 56.3 Å². The third kappa shape index (κ3) is 0.976. The number of hydrogen-bond acceptors (Lipinski definition) is 1. The monoisotopic (exact) mass is 178 g/mol. The highest BCUT2D eigenvalue weighted by atomic mass is 16.1. The minimum atomic E-state index is -0.0920. The minimum Gasteiger partial charge on any atom is -0.369 e. The van der Waals surface area contributed by atoms with Gasteiger partial charge in [0.2, 0.25) is 5.91 Å². The van der Waals surface area contributed by atoms with Gasteiger partial charge < -0.3 is 5.73 Å². The Morgan fingerprint density at radius 3 is 2.31 bits per heavy atom. The van der Waals surface area contributed by atoms with Crippen molar-refractivity contribution in [3.05, 3.63) is 6.42 Å². The molecule has 0 aliphatic heterocycles. The number of nitrogens with two attached hydrogens (primary N) is 1. The molecule has 4 saturated carbocycles. The van der Waals surface area contributed by atoms with E-state index in [9.17, 15) is 4.79 Å². The average Bonchev–Trinajstić information content (AvgIpc) is 2.00. The van der Waals surface area contributed by atoms with E-state index < -0.39 is 0 Å². The van der Waals surface area contributed by atoms with Crippen LogP contribution in [0.4, 0.5) is 0 Å². The van der Waals surface area contributed by atoms with Gasteiger partial charge in [0.05, 0.1) is 0 Å². The van der Waals surface area contributed by atoms with Gasteiger partial charge >= 0.3 is 0 Å². The fraction of sp³-hybridized carbons (Fsp3) is 0.818. The van der Waals surface area contributed by atoms with Crippen molar-refractivity contribution in [2.75, 3.05) is 0 Å². The standard InChI is InChI=1S/C11H16NO/c12-10(13)11-4-7-1-8(5-11)3-9(2-7)6-11/h1,7-9H,2-6H2,(H2,12,13). The predicted octanol–water partition coefficient (Wildman–Crippen LogP) is 1.50. The summed E-state index contributed by atoms with van der Waals surface area (Å²) < 4.78 is 0. The van der Waals surface area contributed by atoms with Crippen LogP contribution in [0.5, 0.6) is 0 Å². The van der Waals surface area contributed by atoms with Crippen molar-refractivity contribution in [3.63, 3.8) is 0 Å². The van der Waals surface area contributed by atoms with E-state index in [1.807, 2.05) is 0 Å². The van der Waals surface area contributed by atoms with Crippen molar-refractivity contribution in [2.45, 2.75) is 32.1 Å². The largest absolute Gasteiger partial charge is 0.369 e. The van der Waals surface area contributed by atoms with E-state index in [4.69, 9.17) is 5.73 Å². The zero-order chi connectivity index (χ0) is 9.05. The molecule has 4 aliphatic carbocycles. The number of amides is 1. The third-order valence-corrected chi connectivity index (χ3v) is 4.32. The van der Waals surface area contributed by atoms with Crippen molar-refractivity contribution < 1.29 is 4.79 Å². The number of primary amides is 1. The van der Waals surface area contributed by atoms with Gasteiger partial charge in [0.1, 0.15) is 0 Å². The second kappa shape index (κ2) is 2.28. The highest BCUT2D eigenvalue weighted by molar-refractivity contribution is 5.81. The summed E-state index contributed by atoms with van der Waals surface area (Å²) in [6, 6.07) is 0. The first-order valence-electron chi connectivity index (χ1n) is 5.33.